The predicted octanol–water partition coefficient (Wildman–Crippen LogP) is 2.16. The lowest BCUT2D eigenvalue weighted by Crippen LogP contribution is -2.49. The zero-order valence-electron chi connectivity index (χ0n) is 18.4. The molecule has 10 heteroatoms. The first-order valence-electron chi connectivity index (χ1n) is 10.6. The summed E-state index contributed by atoms with van der Waals surface area (Å²) in [4.78, 5) is 22.8. The van der Waals surface area contributed by atoms with Crippen molar-refractivity contribution in [3.63, 3.8) is 0 Å². The molecule has 0 bridgehead atoms. The SMILES string of the molecule is CCNC(=NCc1nc(-c2ccc(OC)cc2)n[nH]1)NC1CCN(C(=O)OCC)CC1. The van der Waals surface area contributed by atoms with E-state index in [2.05, 4.69) is 30.8 Å². The van der Waals surface area contributed by atoms with Crippen LogP contribution in [0.1, 0.15) is 32.5 Å². The molecule has 1 saturated heterocycles. The van der Waals surface area contributed by atoms with Gasteiger partial charge in [0.05, 0.1) is 13.7 Å². The summed E-state index contributed by atoms with van der Waals surface area (Å²) in [6, 6.07) is 7.84. The number of carbonyl (C=O) groups is 1. The van der Waals surface area contributed by atoms with E-state index in [1.807, 2.05) is 38.1 Å². The number of nitrogens with one attached hydrogen (secondary N) is 3. The van der Waals surface area contributed by atoms with Crippen molar-refractivity contribution < 1.29 is 14.3 Å². The number of ether oxygens (including phenoxy) is 2. The van der Waals surface area contributed by atoms with Crippen molar-refractivity contribution in [3.8, 4) is 17.1 Å². The molecule has 1 aromatic carbocycles. The Morgan fingerprint density at radius 2 is 2.00 bits per heavy atom. The van der Waals surface area contributed by atoms with Gasteiger partial charge in [-0.25, -0.2) is 14.8 Å². The topological polar surface area (TPSA) is 117 Å². The molecule has 2 aromatic rings. The van der Waals surface area contributed by atoms with Gasteiger partial charge in [0.2, 0.25) is 0 Å². The fourth-order valence-electron chi connectivity index (χ4n) is 3.32. The third kappa shape index (κ3) is 6.34. The van der Waals surface area contributed by atoms with Crippen molar-refractivity contribution in [1.82, 2.24) is 30.7 Å². The van der Waals surface area contributed by atoms with Gasteiger partial charge in [-0.15, -0.1) is 0 Å². The molecule has 0 unspecified atom stereocenters. The van der Waals surface area contributed by atoms with Crippen molar-refractivity contribution in [2.45, 2.75) is 39.3 Å². The fourth-order valence-corrected chi connectivity index (χ4v) is 3.32. The van der Waals surface area contributed by atoms with Crippen molar-refractivity contribution in [2.75, 3.05) is 33.4 Å². The second-order valence-corrected chi connectivity index (χ2v) is 7.13. The number of aliphatic imine (C=N–C) groups is 1. The largest absolute Gasteiger partial charge is 0.497 e. The van der Waals surface area contributed by atoms with Gasteiger partial charge >= 0.3 is 6.09 Å². The van der Waals surface area contributed by atoms with Crippen LogP contribution in [0.4, 0.5) is 4.79 Å². The number of piperidine rings is 1. The zero-order chi connectivity index (χ0) is 22.1. The first-order valence-corrected chi connectivity index (χ1v) is 10.6. The maximum absolute atomic E-state index is 11.9. The Hall–Kier alpha value is -3.30. The number of aromatic amines is 1. The number of hydrogen-bond donors (Lipinski definition) is 3. The molecule has 1 aliphatic rings. The predicted molar refractivity (Wildman–Crippen MR) is 118 cm³/mol. The smallest absolute Gasteiger partial charge is 0.409 e. The molecule has 0 aliphatic carbocycles. The Bertz CT molecular complexity index is 858. The van der Waals surface area contributed by atoms with Crippen LogP contribution < -0.4 is 15.4 Å². The Morgan fingerprint density at radius 1 is 1.26 bits per heavy atom. The first-order chi connectivity index (χ1) is 15.1. The molecule has 1 fully saturated rings. The van der Waals surface area contributed by atoms with Crippen molar-refractivity contribution >= 4 is 12.1 Å². The molecule has 0 radical (unpaired) electrons. The van der Waals surface area contributed by atoms with E-state index >= 15 is 0 Å². The Labute approximate surface area is 182 Å². The van der Waals surface area contributed by atoms with E-state index in [0.29, 0.717) is 37.9 Å². The average Bonchev–Trinajstić information content (AvgIpc) is 3.27. The van der Waals surface area contributed by atoms with Crippen LogP contribution >= 0.6 is 0 Å². The molecule has 0 saturated carbocycles. The summed E-state index contributed by atoms with van der Waals surface area (Å²) in [6.45, 7) is 6.71. The van der Waals surface area contributed by atoms with E-state index < -0.39 is 0 Å². The van der Waals surface area contributed by atoms with E-state index in [-0.39, 0.29) is 12.1 Å². The Morgan fingerprint density at radius 3 is 2.65 bits per heavy atom. The summed E-state index contributed by atoms with van der Waals surface area (Å²) in [5.74, 6) is 2.82. The number of benzene rings is 1. The minimum Gasteiger partial charge on any atom is -0.497 e. The second kappa shape index (κ2) is 11.2. The number of amides is 1. The van der Waals surface area contributed by atoms with Crippen LogP contribution in [0.5, 0.6) is 5.75 Å². The average molecular weight is 430 g/mol. The van der Waals surface area contributed by atoms with E-state index in [1.54, 1.807) is 12.0 Å². The van der Waals surface area contributed by atoms with E-state index in [0.717, 1.165) is 36.7 Å². The second-order valence-electron chi connectivity index (χ2n) is 7.13. The van der Waals surface area contributed by atoms with Crippen LogP contribution in [-0.4, -0.2) is 71.5 Å². The normalized spacial score (nSPS) is 14.9. The summed E-state index contributed by atoms with van der Waals surface area (Å²) in [6.07, 6.45) is 1.44. The lowest BCUT2D eigenvalue weighted by Gasteiger charge is -2.32. The molecule has 31 heavy (non-hydrogen) atoms. The van der Waals surface area contributed by atoms with Crippen LogP contribution in [0.3, 0.4) is 0 Å². The van der Waals surface area contributed by atoms with E-state index in [9.17, 15) is 4.79 Å². The highest BCUT2D eigenvalue weighted by atomic mass is 16.6. The summed E-state index contributed by atoms with van der Waals surface area (Å²) >= 11 is 0. The number of H-pyrrole nitrogens is 1. The summed E-state index contributed by atoms with van der Waals surface area (Å²) in [5.41, 5.74) is 0.908. The Kier molecular flexibility index (Phi) is 8.08. The fraction of sp³-hybridized carbons (Fsp3) is 0.524. The molecule has 10 nitrogen and oxygen atoms in total. The first kappa shape index (κ1) is 22.4. The number of aromatic nitrogens is 3. The molecule has 3 rings (SSSR count). The summed E-state index contributed by atoms with van der Waals surface area (Å²) in [7, 11) is 1.64. The van der Waals surface area contributed by atoms with Crippen LogP contribution in [-0.2, 0) is 11.3 Å². The zero-order valence-corrected chi connectivity index (χ0v) is 18.4. The van der Waals surface area contributed by atoms with Gasteiger partial charge in [-0.2, -0.15) is 5.10 Å². The van der Waals surface area contributed by atoms with Gasteiger partial charge in [-0.05, 0) is 51.0 Å². The number of guanidine groups is 1. The van der Waals surface area contributed by atoms with E-state index in [4.69, 9.17) is 9.47 Å². The minimum atomic E-state index is -0.237. The molecule has 1 amide bonds. The molecule has 0 atom stereocenters. The molecule has 168 valence electrons. The molecule has 0 spiro atoms. The number of nitrogens with zero attached hydrogens (tertiary/aromatic N) is 4. The highest BCUT2D eigenvalue weighted by molar-refractivity contribution is 5.80. The minimum absolute atomic E-state index is 0.237. The van der Waals surface area contributed by atoms with Gasteiger partial charge in [0.1, 0.15) is 18.1 Å². The van der Waals surface area contributed by atoms with Crippen LogP contribution in [0.25, 0.3) is 11.4 Å². The molecule has 3 N–H and O–H groups in total. The van der Waals surface area contributed by atoms with Crippen LogP contribution in [0.2, 0.25) is 0 Å². The van der Waals surface area contributed by atoms with Crippen molar-refractivity contribution in [2.24, 2.45) is 4.99 Å². The van der Waals surface area contributed by atoms with Crippen molar-refractivity contribution in [1.29, 1.82) is 0 Å². The Balaban J connectivity index is 1.55. The summed E-state index contributed by atoms with van der Waals surface area (Å²) < 4.78 is 10.3. The van der Waals surface area contributed by atoms with Crippen molar-refractivity contribution in [3.05, 3.63) is 30.1 Å². The monoisotopic (exact) mass is 429 g/mol. The molecular weight excluding hydrogens is 398 g/mol. The third-order valence-electron chi connectivity index (χ3n) is 4.97. The number of carbonyl (C=O) groups excluding carboxylic acids is 1. The highest BCUT2D eigenvalue weighted by Gasteiger charge is 2.24. The lowest BCUT2D eigenvalue weighted by molar-refractivity contribution is 0.0963. The van der Waals surface area contributed by atoms with Gasteiger partial charge in [0, 0.05) is 31.2 Å². The highest BCUT2D eigenvalue weighted by Crippen LogP contribution is 2.19. The number of methoxy groups -OCH3 is 1. The molecule has 1 aliphatic heterocycles. The van der Waals surface area contributed by atoms with E-state index in [1.165, 1.54) is 0 Å². The quantitative estimate of drug-likeness (QED) is 0.456. The molecule has 2 heterocycles. The molecular formula is C21H31N7O3. The van der Waals surface area contributed by atoms with Gasteiger partial charge < -0.3 is 25.0 Å². The van der Waals surface area contributed by atoms with Crippen LogP contribution in [0, 0.1) is 0 Å². The van der Waals surface area contributed by atoms with Gasteiger partial charge in [-0.3, -0.25) is 5.10 Å². The number of likely N-dealkylation sites (tertiary alicyclic amines) is 1. The van der Waals surface area contributed by atoms with Crippen LogP contribution in [0.15, 0.2) is 29.3 Å². The van der Waals surface area contributed by atoms with Gasteiger partial charge in [0.15, 0.2) is 11.8 Å². The molecule has 1 aromatic heterocycles. The summed E-state index contributed by atoms with van der Waals surface area (Å²) in [5, 5.41) is 14.0. The third-order valence-corrected chi connectivity index (χ3v) is 4.97. The van der Waals surface area contributed by atoms with Gasteiger partial charge in [0.25, 0.3) is 0 Å². The van der Waals surface area contributed by atoms with Gasteiger partial charge in [-0.1, -0.05) is 0 Å². The standard InChI is InChI=1S/C21H31N7O3/c1-4-22-20(24-16-10-12-28(13-11-16)21(29)31-5-2)23-14-18-25-19(27-26-18)15-6-8-17(30-3)9-7-15/h6-9,16H,4-5,10-14H2,1-3H3,(H2,22,23,24)(H,25,26,27). The number of rotatable bonds is 7. The number of hydrogen-bond acceptors (Lipinski definition) is 6. The lowest BCUT2D eigenvalue weighted by atomic mass is 10.1. The maximum atomic E-state index is 11.9. The maximum Gasteiger partial charge on any atom is 0.409 e.